The first-order valence-corrected chi connectivity index (χ1v) is 9.89. The summed E-state index contributed by atoms with van der Waals surface area (Å²) in [6.07, 6.45) is -2.45. The molecule has 0 saturated carbocycles. The molecule has 0 N–H and O–H groups in total. The number of aromatic nitrogens is 4. The van der Waals surface area contributed by atoms with Crippen LogP contribution in [-0.2, 0) is 6.18 Å². The fourth-order valence-corrected chi connectivity index (χ4v) is 3.47. The minimum Gasteiger partial charge on any atom is -0.353 e. The highest BCUT2D eigenvalue weighted by molar-refractivity contribution is 5.94. The van der Waals surface area contributed by atoms with Gasteiger partial charge < -0.3 is 9.80 Å². The fraction of sp³-hybridized carbons (Fsp3) is 0.333. The number of benzene rings is 1. The largest absolute Gasteiger partial charge is 0.435 e. The smallest absolute Gasteiger partial charge is 0.353 e. The van der Waals surface area contributed by atoms with Gasteiger partial charge in [0, 0.05) is 37.9 Å². The number of carbonyl (C=O) groups excluding carboxylic acids is 1. The van der Waals surface area contributed by atoms with Crippen LogP contribution >= 0.6 is 0 Å². The lowest BCUT2D eigenvalue weighted by Crippen LogP contribution is -2.35. The second-order valence-corrected chi connectivity index (χ2v) is 7.36. The molecule has 1 amide bonds. The molecule has 1 saturated heterocycles. The van der Waals surface area contributed by atoms with Crippen molar-refractivity contribution in [1.82, 2.24) is 24.9 Å². The molecule has 2 aromatic heterocycles. The van der Waals surface area contributed by atoms with Gasteiger partial charge in [-0.3, -0.25) is 4.79 Å². The highest BCUT2D eigenvalue weighted by Crippen LogP contribution is 2.28. The van der Waals surface area contributed by atoms with Gasteiger partial charge in [-0.2, -0.15) is 23.4 Å². The molecule has 1 aliphatic rings. The van der Waals surface area contributed by atoms with Crippen molar-refractivity contribution in [2.24, 2.45) is 0 Å². The maximum absolute atomic E-state index is 12.9. The molecule has 162 valence electrons. The molecule has 31 heavy (non-hydrogen) atoms. The van der Waals surface area contributed by atoms with E-state index < -0.39 is 11.9 Å². The first-order valence-electron chi connectivity index (χ1n) is 9.89. The summed E-state index contributed by atoms with van der Waals surface area (Å²) in [5.41, 5.74) is 0.825. The molecule has 0 unspecified atom stereocenters. The van der Waals surface area contributed by atoms with Gasteiger partial charge in [0.1, 0.15) is 0 Å². The van der Waals surface area contributed by atoms with E-state index in [1.807, 2.05) is 19.1 Å². The number of aryl methyl sites for hydroxylation is 1. The fourth-order valence-electron chi connectivity index (χ4n) is 3.47. The normalized spacial score (nSPS) is 15.1. The van der Waals surface area contributed by atoms with Crippen LogP contribution in [0.2, 0.25) is 0 Å². The lowest BCUT2D eigenvalue weighted by atomic mass is 10.1. The van der Waals surface area contributed by atoms with Gasteiger partial charge in [0.2, 0.25) is 0 Å². The van der Waals surface area contributed by atoms with Gasteiger partial charge in [0.25, 0.3) is 5.91 Å². The molecule has 10 heteroatoms. The predicted octanol–water partition coefficient (Wildman–Crippen LogP) is 3.34. The second kappa shape index (κ2) is 8.37. The van der Waals surface area contributed by atoms with E-state index in [-0.39, 0.29) is 5.91 Å². The molecule has 1 aliphatic heterocycles. The van der Waals surface area contributed by atoms with E-state index >= 15 is 0 Å². The molecule has 4 rings (SSSR count). The first-order chi connectivity index (χ1) is 14.8. The molecule has 0 radical (unpaired) electrons. The molecule has 3 heterocycles. The van der Waals surface area contributed by atoms with Gasteiger partial charge in [-0.25, -0.2) is 4.68 Å². The minimum absolute atomic E-state index is 0.111. The van der Waals surface area contributed by atoms with E-state index in [0.29, 0.717) is 30.9 Å². The number of alkyl halides is 3. The number of amides is 1. The van der Waals surface area contributed by atoms with Crippen molar-refractivity contribution < 1.29 is 18.0 Å². The minimum atomic E-state index is -4.49. The quantitative estimate of drug-likeness (QED) is 0.638. The van der Waals surface area contributed by atoms with Crippen LogP contribution in [0.4, 0.5) is 19.0 Å². The SMILES string of the molecule is Cc1ccc(N2CCCN(C(=O)c3ccc(-n4ccc(C(F)(F)F)n4)cc3)CC2)nn1. The molecule has 7 nitrogen and oxygen atoms in total. The van der Waals surface area contributed by atoms with Crippen LogP contribution < -0.4 is 4.90 Å². The molecule has 0 atom stereocenters. The number of hydrogen-bond acceptors (Lipinski definition) is 5. The maximum Gasteiger partial charge on any atom is 0.435 e. The number of hydrogen-bond donors (Lipinski definition) is 0. The summed E-state index contributed by atoms with van der Waals surface area (Å²) in [5.74, 6) is 0.682. The summed E-state index contributed by atoms with van der Waals surface area (Å²) >= 11 is 0. The zero-order valence-electron chi connectivity index (χ0n) is 16.9. The van der Waals surface area contributed by atoms with Crippen molar-refractivity contribution in [3.05, 3.63) is 65.6 Å². The third-order valence-corrected chi connectivity index (χ3v) is 5.15. The number of carbonyl (C=O) groups is 1. The zero-order valence-corrected chi connectivity index (χ0v) is 16.9. The molecule has 0 aliphatic carbocycles. The Balaban J connectivity index is 1.42. The Bertz CT molecular complexity index is 1050. The first kappa shape index (κ1) is 20.8. The van der Waals surface area contributed by atoms with Crippen molar-refractivity contribution in [1.29, 1.82) is 0 Å². The highest BCUT2D eigenvalue weighted by Gasteiger charge is 2.33. The third-order valence-electron chi connectivity index (χ3n) is 5.15. The lowest BCUT2D eigenvalue weighted by molar-refractivity contribution is -0.141. The van der Waals surface area contributed by atoms with E-state index in [1.165, 1.54) is 6.20 Å². The van der Waals surface area contributed by atoms with E-state index in [2.05, 4.69) is 20.2 Å². The number of rotatable bonds is 3. The average Bonchev–Trinajstić information content (AvgIpc) is 3.14. The Morgan fingerprint density at radius 3 is 2.35 bits per heavy atom. The summed E-state index contributed by atoms with van der Waals surface area (Å²) in [5, 5.41) is 11.9. The van der Waals surface area contributed by atoms with Crippen molar-refractivity contribution in [2.75, 3.05) is 31.1 Å². The van der Waals surface area contributed by atoms with E-state index in [0.717, 1.165) is 35.2 Å². The Labute approximate surface area is 177 Å². The summed E-state index contributed by atoms with van der Waals surface area (Å²) in [6.45, 7) is 4.47. The van der Waals surface area contributed by atoms with Gasteiger partial charge >= 0.3 is 6.18 Å². The molecule has 0 spiro atoms. The standard InChI is InChI=1S/C21H21F3N6O/c1-15-3-8-19(26-25-15)28-10-2-11-29(14-13-28)20(31)16-4-6-17(7-5-16)30-12-9-18(27-30)21(22,23)24/h3-9,12H,2,10-11,13-14H2,1H3. The number of halogens is 3. The van der Waals surface area contributed by atoms with Gasteiger partial charge in [0.05, 0.1) is 11.4 Å². The van der Waals surface area contributed by atoms with Gasteiger partial charge in [0.15, 0.2) is 11.5 Å². The molecular formula is C21H21F3N6O. The Morgan fingerprint density at radius 1 is 0.935 bits per heavy atom. The average molecular weight is 430 g/mol. The molecular weight excluding hydrogens is 409 g/mol. The number of anilines is 1. The second-order valence-electron chi connectivity index (χ2n) is 7.36. The van der Waals surface area contributed by atoms with Crippen molar-refractivity contribution in [3.8, 4) is 5.69 Å². The van der Waals surface area contributed by atoms with Crippen LogP contribution in [0.3, 0.4) is 0 Å². The molecule has 3 aromatic rings. The number of nitrogens with zero attached hydrogens (tertiary/aromatic N) is 6. The predicted molar refractivity (Wildman–Crippen MR) is 108 cm³/mol. The van der Waals surface area contributed by atoms with Gasteiger partial charge in [-0.15, -0.1) is 5.10 Å². The highest BCUT2D eigenvalue weighted by atomic mass is 19.4. The maximum atomic E-state index is 12.9. The van der Waals surface area contributed by atoms with Crippen LogP contribution in [0.25, 0.3) is 5.69 Å². The van der Waals surface area contributed by atoms with Crippen LogP contribution in [0.15, 0.2) is 48.7 Å². The topological polar surface area (TPSA) is 67.2 Å². The summed E-state index contributed by atoms with van der Waals surface area (Å²) < 4.78 is 39.4. The van der Waals surface area contributed by atoms with Crippen molar-refractivity contribution in [3.63, 3.8) is 0 Å². The van der Waals surface area contributed by atoms with Crippen LogP contribution in [0.5, 0.6) is 0 Å². The lowest BCUT2D eigenvalue weighted by Gasteiger charge is -2.22. The summed E-state index contributed by atoms with van der Waals surface area (Å²) in [7, 11) is 0. The summed E-state index contributed by atoms with van der Waals surface area (Å²) in [6, 6.07) is 11.2. The van der Waals surface area contributed by atoms with Crippen LogP contribution in [0, 0.1) is 6.92 Å². The van der Waals surface area contributed by atoms with Gasteiger partial charge in [-0.05, 0) is 55.8 Å². The Morgan fingerprint density at radius 2 is 1.71 bits per heavy atom. The van der Waals surface area contributed by atoms with E-state index in [4.69, 9.17) is 0 Å². The molecule has 0 bridgehead atoms. The molecule has 1 fully saturated rings. The summed E-state index contributed by atoms with van der Waals surface area (Å²) in [4.78, 5) is 16.8. The Kier molecular flexibility index (Phi) is 5.62. The van der Waals surface area contributed by atoms with Crippen LogP contribution in [-0.4, -0.2) is 57.0 Å². The van der Waals surface area contributed by atoms with Crippen LogP contribution in [0.1, 0.15) is 28.2 Å². The monoisotopic (exact) mass is 430 g/mol. The Hall–Kier alpha value is -3.43. The molecule has 1 aromatic carbocycles. The van der Waals surface area contributed by atoms with Gasteiger partial charge in [-0.1, -0.05) is 0 Å². The third kappa shape index (κ3) is 4.68. The zero-order chi connectivity index (χ0) is 22.0. The van der Waals surface area contributed by atoms with Crippen molar-refractivity contribution in [2.45, 2.75) is 19.5 Å². The van der Waals surface area contributed by atoms with E-state index in [1.54, 1.807) is 29.2 Å². The van der Waals surface area contributed by atoms with Crippen molar-refractivity contribution >= 4 is 11.7 Å². The van der Waals surface area contributed by atoms with E-state index in [9.17, 15) is 18.0 Å².